The smallest absolute Gasteiger partial charge is 0.234 e. The van der Waals surface area contributed by atoms with E-state index in [9.17, 15) is 4.79 Å². The first-order valence-corrected chi connectivity index (χ1v) is 7.44. The summed E-state index contributed by atoms with van der Waals surface area (Å²) in [4.78, 5) is 14.0. The SMILES string of the molecule is CC(NC(=O)CN(C)C(C)C)c1cn(-c2ccccc2)nn1. The van der Waals surface area contributed by atoms with Crippen LogP contribution in [-0.4, -0.2) is 45.4 Å². The molecule has 1 aromatic carbocycles. The van der Waals surface area contributed by atoms with Crippen LogP contribution in [0.15, 0.2) is 36.5 Å². The number of para-hydroxylation sites is 1. The molecule has 1 unspecified atom stereocenters. The molecule has 0 aliphatic heterocycles. The maximum Gasteiger partial charge on any atom is 0.234 e. The lowest BCUT2D eigenvalue weighted by atomic mass is 10.2. The molecule has 0 saturated heterocycles. The van der Waals surface area contributed by atoms with E-state index in [-0.39, 0.29) is 11.9 Å². The van der Waals surface area contributed by atoms with Gasteiger partial charge in [0.25, 0.3) is 0 Å². The van der Waals surface area contributed by atoms with Crippen molar-refractivity contribution in [3.63, 3.8) is 0 Å². The zero-order valence-electron chi connectivity index (χ0n) is 13.5. The maximum atomic E-state index is 12.0. The average Bonchev–Trinajstić information content (AvgIpc) is 2.97. The molecule has 118 valence electrons. The molecule has 0 saturated carbocycles. The van der Waals surface area contributed by atoms with Gasteiger partial charge in [0.05, 0.1) is 24.5 Å². The molecule has 1 heterocycles. The molecular formula is C16H23N5O. The van der Waals surface area contributed by atoms with Crippen LogP contribution in [0.25, 0.3) is 5.69 Å². The van der Waals surface area contributed by atoms with E-state index in [1.165, 1.54) is 0 Å². The number of rotatable bonds is 6. The first kappa shape index (κ1) is 16.2. The van der Waals surface area contributed by atoms with Gasteiger partial charge in [-0.05, 0) is 40.0 Å². The fourth-order valence-corrected chi connectivity index (χ4v) is 1.95. The van der Waals surface area contributed by atoms with Gasteiger partial charge < -0.3 is 5.32 Å². The average molecular weight is 301 g/mol. The summed E-state index contributed by atoms with van der Waals surface area (Å²) in [6.45, 7) is 6.39. The molecule has 1 atom stereocenters. The van der Waals surface area contributed by atoms with Crippen LogP contribution >= 0.6 is 0 Å². The van der Waals surface area contributed by atoms with Crippen molar-refractivity contribution in [2.75, 3.05) is 13.6 Å². The summed E-state index contributed by atoms with van der Waals surface area (Å²) >= 11 is 0. The van der Waals surface area contributed by atoms with Crippen molar-refractivity contribution >= 4 is 5.91 Å². The summed E-state index contributed by atoms with van der Waals surface area (Å²) in [7, 11) is 1.93. The second-order valence-corrected chi connectivity index (χ2v) is 5.72. The lowest BCUT2D eigenvalue weighted by Gasteiger charge is -2.21. The number of likely N-dealkylation sites (N-methyl/N-ethyl adjacent to an activating group) is 1. The Morgan fingerprint density at radius 2 is 1.95 bits per heavy atom. The van der Waals surface area contributed by atoms with Gasteiger partial charge in [-0.25, -0.2) is 4.68 Å². The van der Waals surface area contributed by atoms with Crippen LogP contribution < -0.4 is 5.32 Å². The van der Waals surface area contributed by atoms with E-state index in [0.29, 0.717) is 12.6 Å². The monoisotopic (exact) mass is 301 g/mol. The molecular weight excluding hydrogens is 278 g/mol. The van der Waals surface area contributed by atoms with Crippen molar-refractivity contribution in [3.05, 3.63) is 42.2 Å². The number of hydrogen-bond acceptors (Lipinski definition) is 4. The summed E-state index contributed by atoms with van der Waals surface area (Å²) < 4.78 is 1.71. The van der Waals surface area contributed by atoms with Crippen LogP contribution in [0.1, 0.15) is 32.5 Å². The van der Waals surface area contributed by atoms with E-state index in [1.54, 1.807) is 4.68 Å². The molecule has 0 radical (unpaired) electrons. The minimum absolute atomic E-state index is 0.0158. The van der Waals surface area contributed by atoms with Crippen LogP contribution in [-0.2, 0) is 4.79 Å². The van der Waals surface area contributed by atoms with Gasteiger partial charge in [0.1, 0.15) is 5.69 Å². The molecule has 1 aromatic heterocycles. The summed E-state index contributed by atoms with van der Waals surface area (Å²) in [6.07, 6.45) is 1.84. The number of hydrogen-bond donors (Lipinski definition) is 1. The van der Waals surface area contributed by atoms with E-state index in [4.69, 9.17) is 0 Å². The van der Waals surface area contributed by atoms with Gasteiger partial charge in [0, 0.05) is 6.04 Å². The van der Waals surface area contributed by atoms with Gasteiger partial charge in [0.15, 0.2) is 0 Å². The highest BCUT2D eigenvalue weighted by Crippen LogP contribution is 2.11. The molecule has 2 rings (SSSR count). The highest BCUT2D eigenvalue weighted by atomic mass is 16.2. The second-order valence-electron chi connectivity index (χ2n) is 5.72. The zero-order valence-corrected chi connectivity index (χ0v) is 13.5. The number of nitrogens with zero attached hydrogens (tertiary/aromatic N) is 4. The van der Waals surface area contributed by atoms with Gasteiger partial charge in [-0.15, -0.1) is 5.10 Å². The summed E-state index contributed by atoms with van der Waals surface area (Å²) in [5.41, 5.74) is 1.68. The number of aromatic nitrogens is 3. The lowest BCUT2D eigenvalue weighted by molar-refractivity contribution is -0.123. The lowest BCUT2D eigenvalue weighted by Crippen LogP contribution is -2.39. The normalized spacial score (nSPS) is 12.6. The van der Waals surface area contributed by atoms with Crippen molar-refractivity contribution in [3.8, 4) is 5.69 Å². The number of carbonyl (C=O) groups is 1. The van der Waals surface area contributed by atoms with E-state index in [2.05, 4.69) is 29.5 Å². The Labute approximate surface area is 131 Å². The number of amides is 1. The predicted octanol–water partition coefficient (Wildman–Crippen LogP) is 1.78. The molecule has 22 heavy (non-hydrogen) atoms. The third-order valence-corrected chi connectivity index (χ3v) is 3.63. The first-order chi connectivity index (χ1) is 10.5. The molecule has 0 aliphatic rings. The number of benzene rings is 1. The van der Waals surface area contributed by atoms with Gasteiger partial charge in [-0.2, -0.15) is 0 Å². The van der Waals surface area contributed by atoms with Gasteiger partial charge >= 0.3 is 0 Å². The van der Waals surface area contributed by atoms with Crippen LogP contribution in [0.5, 0.6) is 0 Å². The molecule has 1 N–H and O–H groups in total. The Morgan fingerprint density at radius 1 is 1.27 bits per heavy atom. The number of carbonyl (C=O) groups excluding carboxylic acids is 1. The van der Waals surface area contributed by atoms with Crippen LogP contribution in [0.4, 0.5) is 0 Å². The highest BCUT2D eigenvalue weighted by molar-refractivity contribution is 5.78. The van der Waals surface area contributed by atoms with E-state index < -0.39 is 0 Å². The van der Waals surface area contributed by atoms with E-state index >= 15 is 0 Å². The zero-order chi connectivity index (χ0) is 16.1. The summed E-state index contributed by atoms with van der Waals surface area (Å²) in [6, 6.07) is 9.92. The van der Waals surface area contributed by atoms with Crippen molar-refractivity contribution in [1.29, 1.82) is 0 Å². The molecule has 0 bridgehead atoms. The fraction of sp³-hybridized carbons (Fsp3) is 0.438. The largest absolute Gasteiger partial charge is 0.347 e. The molecule has 2 aromatic rings. The van der Waals surface area contributed by atoms with Crippen LogP contribution in [0.3, 0.4) is 0 Å². The van der Waals surface area contributed by atoms with Crippen molar-refractivity contribution in [2.45, 2.75) is 32.9 Å². The van der Waals surface area contributed by atoms with Gasteiger partial charge in [-0.1, -0.05) is 23.4 Å². The van der Waals surface area contributed by atoms with Gasteiger partial charge in [-0.3, -0.25) is 9.69 Å². The molecule has 6 heteroatoms. The van der Waals surface area contributed by atoms with E-state index in [1.807, 2.05) is 55.4 Å². The Morgan fingerprint density at radius 3 is 2.59 bits per heavy atom. The number of nitrogens with one attached hydrogen (secondary N) is 1. The quantitative estimate of drug-likeness (QED) is 0.883. The maximum absolute atomic E-state index is 12.0. The molecule has 1 amide bonds. The molecule has 0 fully saturated rings. The topological polar surface area (TPSA) is 63.1 Å². The minimum Gasteiger partial charge on any atom is -0.347 e. The standard InChI is InChI=1S/C16H23N5O/c1-12(2)20(4)11-16(22)17-13(3)15-10-21(19-18-15)14-8-6-5-7-9-14/h5-10,12-13H,11H2,1-4H3,(H,17,22). The Kier molecular flexibility index (Phi) is 5.27. The Bertz CT molecular complexity index is 608. The molecule has 6 nitrogen and oxygen atoms in total. The summed E-state index contributed by atoms with van der Waals surface area (Å²) in [5.74, 6) is -0.0158. The Balaban J connectivity index is 1.97. The minimum atomic E-state index is -0.175. The van der Waals surface area contributed by atoms with Crippen LogP contribution in [0, 0.1) is 0 Å². The van der Waals surface area contributed by atoms with Crippen molar-refractivity contribution in [2.24, 2.45) is 0 Å². The third-order valence-electron chi connectivity index (χ3n) is 3.63. The van der Waals surface area contributed by atoms with Crippen molar-refractivity contribution in [1.82, 2.24) is 25.2 Å². The van der Waals surface area contributed by atoms with Gasteiger partial charge in [0.2, 0.25) is 5.91 Å². The second kappa shape index (κ2) is 7.17. The third kappa shape index (κ3) is 4.14. The fourth-order valence-electron chi connectivity index (χ4n) is 1.95. The highest BCUT2D eigenvalue weighted by Gasteiger charge is 2.15. The Hall–Kier alpha value is -2.21. The predicted molar refractivity (Wildman–Crippen MR) is 85.7 cm³/mol. The van der Waals surface area contributed by atoms with Crippen molar-refractivity contribution < 1.29 is 4.79 Å². The van der Waals surface area contributed by atoms with Crippen LogP contribution in [0.2, 0.25) is 0 Å². The van der Waals surface area contributed by atoms with E-state index in [0.717, 1.165) is 11.4 Å². The first-order valence-electron chi connectivity index (χ1n) is 7.44. The molecule has 0 spiro atoms. The summed E-state index contributed by atoms with van der Waals surface area (Å²) in [5, 5.41) is 11.2. The molecule has 0 aliphatic carbocycles.